The highest BCUT2D eigenvalue weighted by atomic mass is 16.7. The van der Waals surface area contributed by atoms with Crippen LogP contribution in [0.2, 0.25) is 0 Å². The molecule has 2 aliphatic rings. The van der Waals surface area contributed by atoms with Crippen molar-refractivity contribution in [2.45, 2.75) is 38.9 Å². The lowest BCUT2D eigenvalue weighted by atomic mass is 9.78. The maximum Gasteiger partial charge on any atom is 0.494 e. The molecule has 0 unspecified atom stereocenters. The minimum atomic E-state index is -0.407. The maximum absolute atomic E-state index is 6.33. The topological polar surface area (TPSA) is 41.9 Å². The molecule has 0 N–H and O–H groups in total. The van der Waals surface area contributed by atoms with Crippen LogP contribution in [0.1, 0.15) is 27.7 Å². The van der Waals surface area contributed by atoms with Gasteiger partial charge in [0.15, 0.2) is 23.0 Å². The first-order valence-electron chi connectivity index (χ1n) is 12.3. The SMILES string of the molecule is CC1(C)OB(c2ccc3c(c2)c2ccccc2n3-c2ccc3c(c2)Oc2ccccc2O3)OC1(C)C. The van der Waals surface area contributed by atoms with Gasteiger partial charge in [-0.1, -0.05) is 42.5 Å². The molecule has 0 amide bonds. The summed E-state index contributed by atoms with van der Waals surface area (Å²) in [6.07, 6.45) is 0. The van der Waals surface area contributed by atoms with E-state index in [1.807, 2.05) is 36.4 Å². The molecule has 6 heteroatoms. The highest BCUT2D eigenvalue weighted by molar-refractivity contribution is 6.62. The zero-order chi connectivity index (χ0) is 24.7. The molecule has 5 aromatic rings. The summed E-state index contributed by atoms with van der Waals surface area (Å²) in [5.41, 5.74) is 3.48. The summed E-state index contributed by atoms with van der Waals surface area (Å²) in [4.78, 5) is 0. The summed E-state index contributed by atoms with van der Waals surface area (Å²) >= 11 is 0. The van der Waals surface area contributed by atoms with Gasteiger partial charge in [0.2, 0.25) is 0 Å². The molecule has 1 aromatic heterocycles. The third kappa shape index (κ3) is 3.11. The van der Waals surface area contributed by atoms with Crippen LogP contribution in [0.3, 0.4) is 0 Å². The number of benzene rings is 4. The fourth-order valence-electron chi connectivity index (χ4n) is 5.05. The zero-order valence-electron chi connectivity index (χ0n) is 20.7. The number of ether oxygens (including phenoxy) is 2. The first-order valence-corrected chi connectivity index (χ1v) is 12.3. The van der Waals surface area contributed by atoms with Crippen molar-refractivity contribution in [2.24, 2.45) is 0 Å². The molecule has 0 atom stereocenters. The minimum absolute atomic E-state index is 0.384. The van der Waals surface area contributed by atoms with Crippen LogP contribution in [0.5, 0.6) is 23.0 Å². The highest BCUT2D eigenvalue weighted by Gasteiger charge is 2.51. The second kappa shape index (κ2) is 7.39. The van der Waals surface area contributed by atoms with E-state index in [0.29, 0.717) is 11.5 Å². The first kappa shape index (κ1) is 21.5. The summed E-state index contributed by atoms with van der Waals surface area (Å²) in [7, 11) is -0.407. The summed E-state index contributed by atoms with van der Waals surface area (Å²) in [6, 6.07) is 28.7. The van der Waals surface area contributed by atoms with Crippen molar-refractivity contribution < 1.29 is 18.8 Å². The van der Waals surface area contributed by atoms with Gasteiger partial charge < -0.3 is 23.3 Å². The molecule has 178 valence electrons. The van der Waals surface area contributed by atoms with Crippen LogP contribution in [0, 0.1) is 0 Å². The molecule has 1 fully saturated rings. The van der Waals surface area contributed by atoms with Gasteiger partial charge in [0.25, 0.3) is 0 Å². The predicted molar refractivity (Wildman–Crippen MR) is 143 cm³/mol. The summed E-state index contributed by atoms with van der Waals surface area (Å²) in [6.45, 7) is 8.32. The molecular formula is C30H26BNO4. The number of hydrogen-bond donors (Lipinski definition) is 0. The lowest BCUT2D eigenvalue weighted by molar-refractivity contribution is 0.00578. The van der Waals surface area contributed by atoms with Crippen LogP contribution < -0.4 is 14.9 Å². The van der Waals surface area contributed by atoms with Gasteiger partial charge in [-0.15, -0.1) is 0 Å². The van der Waals surface area contributed by atoms with Gasteiger partial charge in [0.05, 0.1) is 27.9 Å². The average molecular weight is 475 g/mol. The van der Waals surface area contributed by atoms with Crippen molar-refractivity contribution in [3.05, 3.63) is 84.9 Å². The number of hydrogen-bond acceptors (Lipinski definition) is 4. The van der Waals surface area contributed by atoms with Gasteiger partial charge in [-0.2, -0.15) is 0 Å². The molecular weight excluding hydrogens is 449 g/mol. The Morgan fingerprint density at radius 1 is 0.583 bits per heavy atom. The van der Waals surface area contributed by atoms with Gasteiger partial charge in [-0.05, 0) is 69.6 Å². The Labute approximate surface area is 210 Å². The van der Waals surface area contributed by atoms with Crippen molar-refractivity contribution in [3.8, 4) is 28.7 Å². The number of fused-ring (bicyclic) bond motifs is 5. The van der Waals surface area contributed by atoms with Crippen molar-refractivity contribution in [1.29, 1.82) is 0 Å². The normalized spacial score (nSPS) is 17.5. The van der Waals surface area contributed by atoms with E-state index in [2.05, 4.69) is 80.8 Å². The number of para-hydroxylation sites is 3. The van der Waals surface area contributed by atoms with Gasteiger partial charge in [-0.3, -0.25) is 0 Å². The maximum atomic E-state index is 6.33. The summed E-state index contributed by atoms with van der Waals surface area (Å²) in [5, 5.41) is 2.32. The lowest BCUT2D eigenvalue weighted by Gasteiger charge is -2.32. The van der Waals surface area contributed by atoms with Crippen molar-refractivity contribution in [1.82, 2.24) is 4.57 Å². The average Bonchev–Trinajstić information content (AvgIpc) is 3.31. The fourth-order valence-corrected chi connectivity index (χ4v) is 5.05. The minimum Gasteiger partial charge on any atom is -0.450 e. The van der Waals surface area contributed by atoms with Crippen LogP contribution in [0.15, 0.2) is 84.9 Å². The van der Waals surface area contributed by atoms with E-state index in [0.717, 1.165) is 39.1 Å². The molecule has 7 rings (SSSR count). The quantitative estimate of drug-likeness (QED) is 0.254. The van der Waals surface area contributed by atoms with E-state index in [1.54, 1.807) is 0 Å². The molecule has 0 spiro atoms. The smallest absolute Gasteiger partial charge is 0.450 e. The molecule has 0 saturated carbocycles. The van der Waals surface area contributed by atoms with Crippen LogP contribution >= 0.6 is 0 Å². The Kier molecular flexibility index (Phi) is 4.42. The van der Waals surface area contributed by atoms with E-state index in [9.17, 15) is 0 Å². The molecule has 5 nitrogen and oxygen atoms in total. The van der Waals surface area contributed by atoms with Crippen LogP contribution in [0.4, 0.5) is 0 Å². The third-order valence-electron chi connectivity index (χ3n) is 7.70. The molecule has 4 aromatic carbocycles. The molecule has 1 saturated heterocycles. The number of aromatic nitrogens is 1. The van der Waals surface area contributed by atoms with Gasteiger partial charge in [-0.25, -0.2) is 0 Å². The second-order valence-electron chi connectivity index (χ2n) is 10.5. The van der Waals surface area contributed by atoms with E-state index < -0.39 is 7.12 Å². The highest BCUT2D eigenvalue weighted by Crippen LogP contribution is 2.46. The van der Waals surface area contributed by atoms with Crippen molar-refractivity contribution in [3.63, 3.8) is 0 Å². The zero-order valence-corrected chi connectivity index (χ0v) is 20.7. The van der Waals surface area contributed by atoms with E-state index in [-0.39, 0.29) is 11.2 Å². The van der Waals surface area contributed by atoms with E-state index in [1.165, 1.54) is 5.39 Å². The molecule has 0 bridgehead atoms. The molecule has 0 radical (unpaired) electrons. The van der Waals surface area contributed by atoms with Crippen LogP contribution in [-0.2, 0) is 9.31 Å². The van der Waals surface area contributed by atoms with Crippen molar-refractivity contribution >= 4 is 34.4 Å². The van der Waals surface area contributed by atoms with E-state index >= 15 is 0 Å². The molecule has 2 aliphatic heterocycles. The van der Waals surface area contributed by atoms with Gasteiger partial charge in [0.1, 0.15) is 0 Å². The third-order valence-corrected chi connectivity index (χ3v) is 7.70. The monoisotopic (exact) mass is 475 g/mol. The summed E-state index contributed by atoms with van der Waals surface area (Å²) < 4.78 is 27.2. The lowest BCUT2D eigenvalue weighted by Crippen LogP contribution is -2.41. The molecule has 3 heterocycles. The summed E-state index contributed by atoms with van der Waals surface area (Å²) in [5.74, 6) is 2.86. The number of nitrogens with zero attached hydrogens (tertiary/aromatic N) is 1. The molecule has 36 heavy (non-hydrogen) atoms. The Bertz CT molecular complexity index is 1650. The van der Waals surface area contributed by atoms with Crippen LogP contribution in [0.25, 0.3) is 27.5 Å². The second-order valence-corrected chi connectivity index (χ2v) is 10.5. The Hall–Kier alpha value is -3.74. The number of rotatable bonds is 2. The Morgan fingerprint density at radius 2 is 1.19 bits per heavy atom. The standard InChI is InChI=1S/C30H26BNO4/c1-29(2)30(3,4)36-31(35-29)19-13-15-24-22(17-19)21-9-5-6-10-23(21)32(24)20-14-16-27-28(18-20)34-26-12-8-7-11-25(26)33-27/h5-18H,1-4H3. The Morgan fingerprint density at radius 3 is 1.94 bits per heavy atom. The van der Waals surface area contributed by atoms with Gasteiger partial charge in [0, 0.05) is 16.8 Å². The van der Waals surface area contributed by atoms with E-state index in [4.69, 9.17) is 18.8 Å². The molecule has 0 aliphatic carbocycles. The van der Waals surface area contributed by atoms with Gasteiger partial charge >= 0.3 is 7.12 Å². The largest absolute Gasteiger partial charge is 0.494 e. The first-order chi connectivity index (χ1) is 17.3. The fraction of sp³-hybridized carbons (Fsp3) is 0.200. The van der Waals surface area contributed by atoms with Crippen molar-refractivity contribution in [2.75, 3.05) is 0 Å². The predicted octanol–water partition coefficient (Wildman–Crippen LogP) is 6.98. The van der Waals surface area contributed by atoms with Crippen LogP contribution in [-0.4, -0.2) is 22.9 Å². The Balaban J connectivity index is 1.36.